The maximum atomic E-state index is 11.8. The van der Waals surface area contributed by atoms with Gasteiger partial charge in [-0.1, -0.05) is 33.6 Å². The molecule has 0 aliphatic heterocycles. The summed E-state index contributed by atoms with van der Waals surface area (Å²) in [6.07, 6.45) is 3.30. The molecule has 16 heavy (non-hydrogen) atoms. The Bertz CT molecular complexity index is 199. The van der Waals surface area contributed by atoms with E-state index in [1.807, 2.05) is 6.92 Å². The van der Waals surface area contributed by atoms with Gasteiger partial charge in [-0.05, 0) is 18.8 Å². The Morgan fingerprint density at radius 2 is 1.94 bits per heavy atom. The summed E-state index contributed by atoms with van der Waals surface area (Å²) in [6.45, 7) is 9.09. The maximum absolute atomic E-state index is 11.8. The Labute approximate surface area is 99.5 Å². The molecule has 0 aromatic carbocycles. The first-order valence-electron chi connectivity index (χ1n) is 6.15. The number of unbranched alkanes of at least 4 members (excludes halogenated alkanes) is 1. The highest BCUT2D eigenvalue weighted by Crippen LogP contribution is 2.33. The van der Waals surface area contributed by atoms with E-state index in [1.165, 1.54) is 0 Å². The summed E-state index contributed by atoms with van der Waals surface area (Å²) in [6, 6.07) is 0. The third-order valence-electron chi connectivity index (χ3n) is 3.02. The van der Waals surface area contributed by atoms with Crippen LogP contribution >= 0.6 is 0 Å². The largest absolute Gasteiger partial charge is 0.466 e. The minimum Gasteiger partial charge on any atom is -0.466 e. The van der Waals surface area contributed by atoms with Crippen LogP contribution in [0, 0.1) is 11.3 Å². The standard InChI is InChI=1S/C13H26O3/c1-6-8-9-13(3,4)11(10-15-5)12(14)16-7-2/h11H,6-10H2,1-5H3. The topological polar surface area (TPSA) is 35.5 Å². The molecule has 0 bridgehead atoms. The monoisotopic (exact) mass is 230 g/mol. The van der Waals surface area contributed by atoms with E-state index in [9.17, 15) is 4.79 Å². The van der Waals surface area contributed by atoms with Gasteiger partial charge in [-0.3, -0.25) is 4.79 Å². The average Bonchev–Trinajstić information content (AvgIpc) is 2.23. The molecule has 1 unspecified atom stereocenters. The van der Waals surface area contributed by atoms with Crippen molar-refractivity contribution in [2.75, 3.05) is 20.3 Å². The van der Waals surface area contributed by atoms with Gasteiger partial charge in [0, 0.05) is 7.11 Å². The first-order chi connectivity index (χ1) is 7.49. The second-order valence-corrected chi connectivity index (χ2v) is 4.85. The summed E-state index contributed by atoms with van der Waals surface area (Å²) in [5.74, 6) is -0.297. The zero-order valence-electron chi connectivity index (χ0n) is 11.3. The smallest absolute Gasteiger partial charge is 0.311 e. The molecule has 96 valence electrons. The molecule has 0 aromatic heterocycles. The van der Waals surface area contributed by atoms with Gasteiger partial charge in [0.1, 0.15) is 0 Å². The van der Waals surface area contributed by atoms with Crippen LogP contribution < -0.4 is 0 Å². The van der Waals surface area contributed by atoms with Crippen molar-refractivity contribution in [2.24, 2.45) is 11.3 Å². The Hall–Kier alpha value is -0.570. The fraction of sp³-hybridized carbons (Fsp3) is 0.923. The van der Waals surface area contributed by atoms with E-state index in [0.717, 1.165) is 19.3 Å². The van der Waals surface area contributed by atoms with Crippen molar-refractivity contribution < 1.29 is 14.3 Å². The highest BCUT2D eigenvalue weighted by atomic mass is 16.5. The summed E-state index contributed by atoms with van der Waals surface area (Å²) in [5.41, 5.74) is -0.0573. The first-order valence-corrected chi connectivity index (χ1v) is 6.15. The van der Waals surface area contributed by atoms with Crippen molar-refractivity contribution in [1.82, 2.24) is 0 Å². The molecule has 3 nitrogen and oxygen atoms in total. The molecule has 0 N–H and O–H groups in total. The molecular formula is C13H26O3. The summed E-state index contributed by atoms with van der Waals surface area (Å²) < 4.78 is 10.2. The highest BCUT2D eigenvalue weighted by molar-refractivity contribution is 5.73. The van der Waals surface area contributed by atoms with E-state index < -0.39 is 0 Å². The van der Waals surface area contributed by atoms with E-state index in [4.69, 9.17) is 9.47 Å². The molecule has 1 atom stereocenters. The Morgan fingerprint density at radius 1 is 1.31 bits per heavy atom. The molecule has 0 saturated heterocycles. The van der Waals surface area contributed by atoms with Crippen LogP contribution in [-0.2, 0) is 14.3 Å². The van der Waals surface area contributed by atoms with Crippen LogP contribution in [0.15, 0.2) is 0 Å². The van der Waals surface area contributed by atoms with Crippen molar-refractivity contribution in [3.8, 4) is 0 Å². The number of esters is 1. The van der Waals surface area contributed by atoms with E-state index in [2.05, 4.69) is 20.8 Å². The normalized spacial score (nSPS) is 13.6. The molecule has 0 heterocycles. The molecule has 0 aromatic rings. The number of carbonyl (C=O) groups is 1. The van der Waals surface area contributed by atoms with Crippen molar-refractivity contribution in [2.45, 2.75) is 47.0 Å². The van der Waals surface area contributed by atoms with Crippen LogP contribution in [0.1, 0.15) is 47.0 Å². The molecule has 0 aliphatic carbocycles. The lowest BCUT2D eigenvalue weighted by Gasteiger charge is -2.32. The molecule has 0 rings (SSSR count). The first kappa shape index (κ1) is 15.4. The van der Waals surface area contributed by atoms with E-state index in [-0.39, 0.29) is 17.3 Å². The zero-order chi connectivity index (χ0) is 12.6. The number of hydrogen-bond donors (Lipinski definition) is 0. The summed E-state index contributed by atoms with van der Waals surface area (Å²) >= 11 is 0. The van der Waals surface area contributed by atoms with Crippen molar-refractivity contribution in [1.29, 1.82) is 0 Å². The summed E-state index contributed by atoms with van der Waals surface area (Å²) in [4.78, 5) is 11.8. The Morgan fingerprint density at radius 3 is 2.38 bits per heavy atom. The molecule has 0 spiro atoms. The molecule has 0 radical (unpaired) electrons. The average molecular weight is 230 g/mol. The number of carbonyl (C=O) groups excluding carboxylic acids is 1. The minimum atomic E-state index is -0.163. The molecule has 0 aliphatic rings. The second-order valence-electron chi connectivity index (χ2n) is 4.85. The van der Waals surface area contributed by atoms with Gasteiger partial charge in [-0.25, -0.2) is 0 Å². The van der Waals surface area contributed by atoms with Gasteiger partial charge < -0.3 is 9.47 Å². The third kappa shape index (κ3) is 4.97. The minimum absolute atomic E-state index is 0.0573. The predicted octanol–water partition coefficient (Wildman–Crippen LogP) is 3.03. The van der Waals surface area contributed by atoms with Gasteiger partial charge in [0.25, 0.3) is 0 Å². The van der Waals surface area contributed by atoms with E-state index >= 15 is 0 Å². The zero-order valence-corrected chi connectivity index (χ0v) is 11.3. The lowest BCUT2D eigenvalue weighted by Crippen LogP contribution is -2.35. The number of rotatable bonds is 8. The van der Waals surface area contributed by atoms with Crippen molar-refractivity contribution in [3.63, 3.8) is 0 Å². The maximum Gasteiger partial charge on any atom is 0.311 e. The molecular weight excluding hydrogens is 204 g/mol. The number of ether oxygens (including phenoxy) is 2. The lowest BCUT2D eigenvalue weighted by molar-refractivity contribution is -0.155. The van der Waals surface area contributed by atoms with Crippen LogP contribution in [0.25, 0.3) is 0 Å². The molecule has 0 amide bonds. The van der Waals surface area contributed by atoms with Gasteiger partial charge in [-0.2, -0.15) is 0 Å². The van der Waals surface area contributed by atoms with Gasteiger partial charge in [0.15, 0.2) is 0 Å². The highest BCUT2D eigenvalue weighted by Gasteiger charge is 2.35. The quantitative estimate of drug-likeness (QED) is 0.601. The third-order valence-corrected chi connectivity index (χ3v) is 3.02. The number of hydrogen-bond acceptors (Lipinski definition) is 3. The van der Waals surface area contributed by atoms with Crippen LogP contribution in [0.5, 0.6) is 0 Å². The van der Waals surface area contributed by atoms with Crippen LogP contribution in [0.3, 0.4) is 0 Å². The molecule has 0 saturated carbocycles. The molecule has 0 fully saturated rings. The molecule has 3 heteroatoms. The Kier molecular flexibility index (Phi) is 7.39. The van der Waals surface area contributed by atoms with Gasteiger partial charge >= 0.3 is 5.97 Å². The van der Waals surface area contributed by atoms with Gasteiger partial charge in [0.05, 0.1) is 19.1 Å². The predicted molar refractivity (Wildman–Crippen MR) is 65.3 cm³/mol. The SMILES string of the molecule is CCCCC(C)(C)C(COC)C(=O)OCC. The number of methoxy groups -OCH3 is 1. The van der Waals surface area contributed by atoms with Gasteiger partial charge in [-0.15, -0.1) is 0 Å². The van der Waals surface area contributed by atoms with Crippen molar-refractivity contribution >= 4 is 5.97 Å². The van der Waals surface area contributed by atoms with E-state index in [1.54, 1.807) is 7.11 Å². The Balaban J connectivity index is 4.53. The van der Waals surface area contributed by atoms with Gasteiger partial charge in [0.2, 0.25) is 0 Å². The van der Waals surface area contributed by atoms with Crippen LogP contribution in [0.2, 0.25) is 0 Å². The van der Waals surface area contributed by atoms with Crippen LogP contribution in [0.4, 0.5) is 0 Å². The fourth-order valence-electron chi connectivity index (χ4n) is 1.83. The second kappa shape index (κ2) is 7.66. The fourth-order valence-corrected chi connectivity index (χ4v) is 1.83. The van der Waals surface area contributed by atoms with E-state index in [0.29, 0.717) is 13.2 Å². The summed E-state index contributed by atoms with van der Waals surface area (Å²) in [7, 11) is 1.63. The lowest BCUT2D eigenvalue weighted by atomic mass is 9.75. The summed E-state index contributed by atoms with van der Waals surface area (Å²) in [5, 5.41) is 0. The van der Waals surface area contributed by atoms with Crippen molar-refractivity contribution in [3.05, 3.63) is 0 Å². The van der Waals surface area contributed by atoms with Crippen LogP contribution in [-0.4, -0.2) is 26.3 Å².